The maximum absolute atomic E-state index is 9.73. The average molecular weight is 350 g/mol. The van der Waals surface area contributed by atoms with Gasteiger partial charge < -0.3 is 9.84 Å². The molecule has 1 heterocycles. The summed E-state index contributed by atoms with van der Waals surface area (Å²) in [4.78, 5) is 0. The highest BCUT2D eigenvalue weighted by Crippen LogP contribution is 2.44. The highest BCUT2D eigenvalue weighted by Gasteiger charge is 2.37. The first-order valence-electron chi connectivity index (χ1n) is 9.01. The lowest BCUT2D eigenvalue weighted by Crippen LogP contribution is -2.34. The number of phenols is 1. The first-order valence-corrected chi connectivity index (χ1v) is 9.01. The first kappa shape index (κ1) is 15.7. The molecule has 5 rings (SSSR count). The van der Waals surface area contributed by atoms with E-state index in [1.165, 1.54) is 10.8 Å². The highest BCUT2D eigenvalue weighted by molar-refractivity contribution is 5.94. The Labute approximate surface area is 158 Å². The Bertz CT molecular complexity index is 1140. The van der Waals surface area contributed by atoms with Gasteiger partial charge in [-0.05, 0) is 41.1 Å². The lowest BCUT2D eigenvalue weighted by Gasteiger charge is -2.36. The van der Waals surface area contributed by atoms with Crippen LogP contribution in [0.25, 0.3) is 16.8 Å². The molecule has 4 aromatic carbocycles. The van der Waals surface area contributed by atoms with Gasteiger partial charge in [-0.15, -0.1) is 0 Å². The number of aromatic hydroxyl groups is 1. The molecular weight excluding hydrogens is 332 g/mol. The number of phenolic OH excluding ortho intramolecular Hbond substituents is 1. The molecule has 0 radical (unpaired) electrons. The van der Waals surface area contributed by atoms with Crippen LogP contribution in [0.1, 0.15) is 16.7 Å². The number of rotatable bonds is 2. The number of hydrogen-bond acceptors (Lipinski definition) is 2. The van der Waals surface area contributed by atoms with Crippen molar-refractivity contribution in [2.45, 2.75) is 5.60 Å². The Hall–Kier alpha value is -3.52. The molecule has 0 saturated carbocycles. The average Bonchev–Trinajstić information content (AvgIpc) is 2.74. The molecule has 2 heteroatoms. The van der Waals surface area contributed by atoms with Gasteiger partial charge in [-0.2, -0.15) is 0 Å². The predicted molar refractivity (Wildman–Crippen MR) is 109 cm³/mol. The molecule has 1 aliphatic heterocycles. The summed E-state index contributed by atoms with van der Waals surface area (Å²) in [5.74, 6) is 1.10. The Morgan fingerprint density at radius 1 is 0.667 bits per heavy atom. The molecule has 27 heavy (non-hydrogen) atoms. The molecular formula is C25H18O2. The Morgan fingerprint density at radius 2 is 1.37 bits per heavy atom. The standard InChI is InChI=1S/C25H18O2/c26-21-13-11-20(12-14-21)25(19-7-2-1-3-8-19)17-16-23-22-9-5-4-6-18(22)10-15-24(23)27-25/h1-17,26H/t25-/m1/s1. The highest BCUT2D eigenvalue weighted by atomic mass is 16.5. The van der Waals surface area contributed by atoms with E-state index in [4.69, 9.17) is 4.74 Å². The molecule has 0 bridgehead atoms. The van der Waals surface area contributed by atoms with Gasteiger partial charge in [-0.1, -0.05) is 72.8 Å². The summed E-state index contributed by atoms with van der Waals surface area (Å²) in [6.07, 6.45) is 4.27. The van der Waals surface area contributed by atoms with Crippen LogP contribution in [0.3, 0.4) is 0 Å². The lowest BCUT2D eigenvalue weighted by atomic mass is 9.83. The van der Waals surface area contributed by atoms with Gasteiger partial charge in [0.2, 0.25) is 0 Å². The van der Waals surface area contributed by atoms with Crippen molar-refractivity contribution in [1.82, 2.24) is 0 Å². The number of fused-ring (bicyclic) bond motifs is 3. The molecule has 0 saturated heterocycles. The molecule has 0 aromatic heterocycles. The summed E-state index contributed by atoms with van der Waals surface area (Å²) in [5, 5.41) is 12.1. The monoisotopic (exact) mass is 350 g/mol. The van der Waals surface area contributed by atoms with Crippen LogP contribution in [0.2, 0.25) is 0 Å². The molecule has 0 spiro atoms. The summed E-state index contributed by atoms with van der Waals surface area (Å²) >= 11 is 0. The quantitative estimate of drug-likeness (QED) is 0.488. The Kier molecular flexibility index (Phi) is 3.51. The topological polar surface area (TPSA) is 29.5 Å². The molecule has 0 aliphatic carbocycles. The van der Waals surface area contributed by atoms with Crippen LogP contribution in [0.15, 0.2) is 97.1 Å². The van der Waals surface area contributed by atoms with Crippen LogP contribution in [0.4, 0.5) is 0 Å². The van der Waals surface area contributed by atoms with Gasteiger partial charge in [0.15, 0.2) is 5.60 Å². The van der Waals surface area contributed by atoms with Gasteiger partial charge in [0.25, 0.3) is 0 Å². The van der Waals surface area contributed by atoms with E-state index in [1.54, 1.807) is 12.1 Å². The maximum Gasteiger partial charge on any atom is 0.178 e. The maximum atomic E-state index is 9.73. The van der Waals surface area contributed by atoms with E-state index in [0.29, 0.717) is 0 Å². The molecule has 1 aliphatic rings. The van der Waals surface area contributed by atoms with Crippen molar-refractivity contribution in [3.05, 3.63) is 114 Å². The van der Waals surface area contributed by atoms with Crippen molar-refractivity contribution < 1.29 is 9.84 Å². The largest absolute Gasteiger partial charge is 0.508 e. The van der Waals surface area contributed by atoms with E-state index in [1.807, 2.05) is 42.5 Å². The van der Waals surface area contributed by atoms with E-state index in [-0.39, 0.29) is 5.75 Å². The van der Waals surface area contributed by atoms with E-state index < -0.39 is 5.60 Å². The summed E-state index contributed by atoms with van der Waals surface area (Å²) in [6, 6.07) is 29.9. The number of ether oxygens (including phenoxy) is 1. The SMILES string of the molecule is Oc1ccc([C@]2(c3ccccc3)C=Cc3c(ccc4ccccc34)O2)cc1. The van der Waals surface area contributed by atoms with E-state index in [9.17, 15) is 5.11 Å². The minimum atomic E-state index is -0.732. The smallest absolute Gasteiger partial charge is 0.178 e. The normalized spacial score (nSPS) is 18.1. The second-order valence-corrected chi connectivity index (χ2v) is 6.78. The molecule has 1 N–H and O–H groups in total. The molecule has 1 atom stereocenters. The summed E-state index contributed by atoms with van der Waals surface area (Å²) in [5.41, 5.74) is 2.38. The fourth-order valence-corrected chi connectivity index (χ4v) is 3.82. The van der Waals surface area contributed by atoms with Crippen molar-refractivity contribution >= 4 is 16.8 Å². The van der Waals surface area contributed by atoms with Crippen LogP contribution in [0, 0.1) is 0 Å². The van der Waals surface area contributed by atoms with Gasteiger partial charge in [-0.25, -0.2) is 0 Å². The summed E-state index contributed by atoms with van der Waals surface area (Å²) in [6.45, 7) is 0. The van der Waals surface area contributed by atoms with Crippen LogP contribution in [-0.4, -0.2) is 5.11 Å². The molecule has 2 nitrogen and oxygen atoms in total. The minimum absolute atomic E-state index is 0.244. The third kappa shape index (κ3) is 2.49. The van der Waals surface area contributed by atoms with Gasteiger partial charge >= 0.3 is 0 Å². The van der Waals surface area contributed by atoms with Gasteiger partial charge in [0, 0.05) is 16.7 Å². The van der Waals surface area contributed by atoms with Crippen molar-refractivity contribution in [2.24, 2.45) is 0 Å². The van der Waals surface area contributed by atoms with Crippen LogP contribution in [-0.2, 0) is 5.60 Å². The van der Waals surface area contributed by atoms with Gasteiger partial charge in [-0.3, -0.25) is 0 Å². The van der Waals surface area contributed by atoms with Crippen LogP contribution in [0.5, 0.6) is 11.5 Å². The molecule has 0 unspecified atom stereocenters. The number of hydrogen-bond donors (Lipinski definition) is 1. The molecule has 0 fully saturated rings. The van der Waals surface area contributed by atoms with E-state index in [0.717, 1.165) is 22.4 Å². The Morgan fingerprint density at radius 3 is 2.19 bits per heavy atom. The zero-order chi connectivity index (χ0) is 18.3. The number of benzene rings is 4. The van der Waals surface area contributed by atoms with Crippen molar-refractivity contribution in [1.29, 1.82) is 0 Å². The third-order valence-corrected chi connectivity index (χ3v) is 5.19. The zero-order valence-electron chi connectivity index (χ0n) is 14.7. The predicted octanol–water partition coefficient (Wildman–Crippen LogP) is 5.89. The molecule has 0 amide bonds. The summed E-state index contributed by atoms with van der Waals surface area (Å²) in [7, 11) is 0. The van der Waals surface area contributed by atoms with E-state index >= 15 is 0 Å². The van der Waals surface area contributed by atoms with Crippen LogP contribution < -0.4 is 4.74 Å². The van der Waals surface area contributed by atoms with Crippen molar-refractivity contribution in [3.8, 4) is 11.5 Å². The van der Waals surface area contributed by atoms with Crippen molar-refractivity contribution in [3.63, 3.8) is 0 Å². The zero-order valence-corrected chi connectivity index (χ0v) is 14.7. The Balaban J connectivity index is 1.74. The first-order chi connectivity index (χ1) is 13.3. The second-order valence-electron chi connectivity index (χ2n) is 6.78. The third-order valence-electron chi connectivity index (χ3n) is 5.19. The molecule has 4 aromatic rings. The van der Waals surface area contributed by atoms with Gasteiger partial charge in [0.1, 0.15) is 11.5 Å². The summed E-state index contributed by atoms with van der Waals surface area (Å²) < 4.78 is 6.67. The lowest BCUT2D eigenvalue weighted by molar-refractivity contribution is 0.161. The second kappa shape index (κ2) is 6.03. The van der Waals surface area contributed by atoms with Crippen molar-refractivity contribution in [2.75, 3.05) is 0 Å². The van der Waals surface area contributed by atoms with Crippen LogP contribution >= 0.6 is 0 Å². The fourth-order valence-electron chi connectivity index (χ4n) is 3.82. The minimum Gasteiger partial charge on any atom is -0.508 e. The fraction of sp³-hybridized carbons (Fsp3) is 0.0400. The van der Waals surface area contributed by atoms with Gasteiger partial charge in [0.05, 0.1) is 0 Å². The molecule has 130 valence electrons. The van der Waals surface area contributed by atoms with E-state index in [2.05, 4.69) is 48.6 Å².